The fourth-order valence-electron chi connectivity index (χ4n) is 3.24. The molecule has 2 nitrogen and oxygen atoms in total. The van der Waals surface area contributed by atoms with Crippen LogP contribution in [0.4, 0.5) is 8.78 Å². The van der Waals surface area contributed by atoms with Gasteiger partial charge in [-0.15, -0.1) is 0 Å². The lowest BCUT2D eigenvalue weighted by molar-refractivity contribution is 0.409. The Morgan fingerprint density at radius 3 is 2.71 bits per heavy atom. The predicted molar refractivity (Wildman–Crippen MR) is 78.1 cm³/mol. The molecule has 0 spiro atoms. The number of benzene rings is 1. The van der Waals surface area contributed by atoms with Gasteiger partial charge in [-0.25, -0.2) is 8.78 Å². The minimum Gasteiger partial charge on any atom is -0.309 e. The van der Waals surface area contributed by atoms with E-state index in [2.05, 4.69) is 10.3 Å². The second-order valence-corrected chi connectivity index (χ2v) is 5.36. The van der Waals surface area contributed by atoms with Gasteiger partial charge in [0.15, 0.2) is 0 Å². The van der Waals surface area contributed by atoms with Crippen molar-refractivity contribution in [2.75, 3.05) is 6.54 Å². The molecule has 3 rings (SSSR count). The van der Waals surface area contributed by atoms with E-state index in [0.29, 0.717) is 6.54 Å². The number of aromatic nitrogens is 1. The van der Waals surface area contributed by atoms with Gasteiger partial charge in [0, 0.05) is 29.4 Å². The van der Waals surface area contributed by atoms with Crippen LogP contribution in [0, 0.1) is 11.6 Å². The summed E-state index contributed by atoms with van der Waals surface area (Å²) in [7, 11) is 0. The Morgan fingerprint density at radius 1 is 1.24 bits per heavy atom. The topological polar surface area (TPSA) is 24.9 Å². The molecule has 1 aliphatic rings. The first-order valence-corrected chi connectivity index (χ1v) is 7.33. The van der Waals surface area contributed by atoms with Crippen molar-refractivity contribution < 1.29 is 8.78 Å². The molecule has 1 aromatic heterocycles. The molecule has 1 aliphatic carbocycles. The fraction of sp³-hybridized carbons (Fsp3) is 0.353. The number of rotatable bonds is 4. The minimum atomic E-state index is -0.495. The highest BCUT2D eigenvalue weighted by molar-refractivity contribution is 5.34. The van der Waals surface area contributed by atoms with Crippen LogP contribution in [0.5, 0.6) is 0 Å². The molecule has 1 N–H and O–H groups in total. The molecule has 1 heterocycles. The van der Waals surface area contributed by atoms with Crippen LogP contribution in [0.25, 0.3) is 0 Å². The third-order valence-corrected chi connectivity index (χ3v) is 4.14. The van der Waals surface area contributed by atoms with Gasteiger partial charge in [0.05, 0.1) is 0 Å². The van der Waals surface area contributed by atoms with Gasteiger partial charge in [-0.1, -0.05) is 19.1 Å². The third-order valence-electron chi connectivity index (χ3n) is 4.14. The number of hydrogen-bond donors (Lipinski definition) is 1. The van der Waals surface area contributed by atoms with E-state index in [1.807, 2.05) is 19.1 Å². The molecular weight excluding hydrogens is 270 g/mol. The van der Waals surface area contributed by atoms with Crippen LogP contribution >= 0.6 is 0 Å². The summed E-state index contributed by atoms with van der Waals surface area (Å²) in [6.45, 7) is 2.59. The van der Waals surface area contributed by atoms with Crippen LogP contribution in [0.15, 0.2) is 36.5 Å². The van der Waals surface area contributed by atoms with Crippen LogP contribution < -0.4 is 5.32 Å². The average Bonchev–Trinajstić information content (AvgIpc) is 2.90. The SMILES string of the molecule is CCNC(c1c(F)cccc1F)C1CCc2cccnc21. The summed E-state index contributed by atoms with van der Waals surface area (Å²) >= 11 is 0. The molecule has 0 aliphatic heterocycles. The molecule has 0 saturated heterocycles. The van der Waals surface area contributed by atoms with Crippen molar-refractivity contribution in [1.82, 2.24) is 10.3 Å². The monoisotopic (exact) mass is 288 g/mol. The molecule has 0 amide bonds. The van der Waals surface area contributed by atoms with E-state index in [0.717, 1.165) is 18.5 Å². The number of pyridine rings is 1. The molecule has 2 aromatic rings. The van der Waals surface area contributed by atoms with Gasteiger partial charge >= 0.3 is 0 Å². The molecule has 0 fully saturated rings. The molecule has 0 radical (unpaired) electrons. The van der Waals surface area contributed by atoms with E-state index < -0.39 is 11.6 Å². The highest BCUT2D eigenvalue weighted by atomic mass is 19.1. The summed E-state index contributed by atoms with van der Waals surface area (Å²) in [5, 5.41) is 3.24. The smallest absolute Gasteiger partial charge is 0.130 e. The number of halogens is 2. The van der Waals surface area contributed by atoms with Gasteiger partial charge in [0.2, 0.25) is 0 Å². The zero-order chi connectivity index (χ0) is 14.8. The number of nitrogens with zero attached hydrogens (tertiary/aromatic N) is 1. The maximum absolute atomic E-state index is 14.2. The minimum absolute atomic E-state index is 0.00699. The lowest BCUT2D eigenvalue weighted by atomic mass is 9.90. The standard InChI is InChI=1S/C17H18F2N2/c1-2-20-17(15-13(18)6-3-7-14(15)19)12-9-8-11-5-4-10-21-16(11)12/h3-7,10,12,17,20H,2,8-9H2,1H3. The first-order chi connectivity index (χ1) is 10.2. The number of nitrogens with one attached hydrogen (secondary N) is 1. The Balaban J connectivity index is 2.04. The van der Waals surface area contributed by atoms with Gasteiger partial charge in [-0.2, -0.15) is 0 Å². The summed E-state index contributed by atoms with van der Waals surface area (Å²) in [5.41, 5.74) is 2.27. The zero-order valence-electron chi connectivity index (χ0n) is 11.9. The Hall–Kier alpha value is -1.81. The van der Waals surface area contributed by atoms with Crippen LogP contribution in [0.3, 0.4) is 0 Å². The maximum atomic E-state index is 14.2. The molecule has 0 bridgehead atoms. The highest BCUT2D eigenvalue weighted by Crippen LogP contribution is 2.41. The fourth-order valence-corrected chi connectivity index (χ4v) is 3.24. The van der Waals surface area contributed by atoms with Gasteiger partial charge in [-0.3, -0.25) is 4.98 Å². The van der Waals surface area contributed by atoms with Crippen LogP contribution in [0.2, 0.25) is 0 Å². The van der Waals surface area contributed by atoms with Crippen LogP contribution in [-0.2, 0) is 6.42 Å². The van der Waals surface area contributed by atoms with Crippen molar-refractivity contribution in [3.8, 4) is 0 Å². The summed E-state index contributed by atoms with van der Waals surface area (Å²) < 4.78 is 28.3. The average molecular weight is 288 g/mol. The molecule has 0 saturated carbocycles. The summed E-state index contributed by atoms with van der Waals surface area (Å²) in [4.78, 5) is 4.44. The molecule has 110 valence electrons. The molecule has 2 atom stereocenters. The van der Waals surface area contributed by atoms with Gasteiger partial charge < -0.3 is 5.32 Å². The van der Waals surface area contributed by atoms with E-state index in [1.54, 1.807) is 6.20 Å². The maximum Gasteiger partial charge on any atom is 0.130 e. The van der Waals surface area contributed by atoms with Gasteiger partial charge in [0.1, 0.15) is 11.6 Å². The predicted octanol–water partition coefficient (Wildman–Crippen LogP) is 3.74. The number of aryl methyl sites for hydroxylation is 1. The molecular formula is C17H18F2N2. The largest absolute Gasteiger partial charge is 0.309 e. The van der Waals surface area contributed by atoms with E-state index in [4.69, 9.17) is 0 Å². The Bertz CT molecular complexity index is 622. The van der Waals surface area contributed by atoms with E-state index in [-0.39, 0.29) is 17.5 Å². The van der Waals surface area contributed by atoms with Crippen molar-refractivity contribution in [2.45, 2.75) is 31.7 Å². The molecule has 1 aromatic carbocycles. The van der Waals surface area contributed by atoms with Crippen molar-refractivity contribution in [3.05, 3.63) is 65.0 Å². The normalized spacial score (nSPS) is 18.5. The van der Waals surface area contributed by atoms with Gasteiger partial charge in [0.25, 0.3) is 0 Å². The summed E-state index contributed by atoms with van der Waals surface area (Å²) in [6.07, 6.45) is 3.52. The van der Waals surface area contributed by atoms with E-state index in [1.165, 1.54) is 23.8 Å². The van der Waals surface area contributed by atoms with Crippen molar-refractivity contribution in [3.63, 3.8) is 0 Å². The second-order valence-electron chi connectivity index (χ2n) is 5.36. The van der Waals surface area contributed by atoms with Crippen molar-refractivity contribution >= 4 is 0 Å². The Kier molecular flexibility index (Phi) is 3.97. The number of likely N-dealkylation sites (N-methyl/N-ethyl adjacent to an activating group) is 1. The second kappa shape index (κ2) is 5.90. The quantitative estimate of drug-likeness (QED) is 0.927. The highest BCUT2D eigenvalue weighted by Gasteiger charge is 2.34. The zero-order valence-corrected chi connectivity index (χ0v) is 11.9. The first-order valence-electron chi connectivity index (χ1n) is 7.33. The number of hydrogen-bond acceptors (Lipinski definition) is 2. The molecule has 21 heavy (non-hydrogen) atoms. The van der Waals surface area contributed by atoms with Gasteiger partial charge in [-0.05, 0) is 43.1 Å². The molecule has 4 heteroatoms. The Morgan fingerprint density at radius 2 is 2.00 bits per heavy atom. The van der Waals surface area contributed by atoms with Crippen molar-refractivity contribution in [1.29, 1.82) is 0 Å². The lowest BCUT2D eigenvalue weighted by Gasteiger charge is -2.26. The number of fused-ring (bicyclic) bond motifs is 1. The first kappa shape index (κ1) is 14.1. The van der Waals surface area contributed by atoms with Crippen molar-refractivity contribution in [2.24, 2.45) is 0 Å². The Labute approximate surface area is 123 Å². The van der Waals surface area contributed by atoms with Crippen LogP contribution in [0.1, 0.15) is 42.1 Å². The van der Waals surface area contributed by atoms with Crippen LogP contribution in [-0.4, -0.2) is 11.5 Å². The third kappa shape index (κ3) is 2.56. The van der Waals surface area contributed by atoms with E-state index in [9.17, 15) is 8.78 Å². The lowest BCUT2D eigenvalue weighted by Crippen LogP contribution is -2.28. The summed E-state index contributed by atoms with van der Waals surface area (Å²) in [5.74, 6) is -0.983. The van der Waals surface area contributed by atoms with E-state index >= 15 is 0 Å². The molecule has 2 unspecified atom stereocenters. The summed E-state index contributed by atoms with van der Waals surface area (Å²) in [6, 6.07) is 7.61.